The number of rotatable bonds is 6. The van der Waals surface area contributed by atoms with Crippen LogP contribution in [0.4, 0.5) is 0 Å². The van der Waals surface area contributed by atoms with Crippen molar-refractivity contribution in [3.63, 3.8) is 0 Å². The Hall–Kier alpha value is -1.44. The number of amides is 1. The van der Waals surface area contributed by atoms with Crippen LogP contribution in [0.5, 0.6) is 0 Å². The van der Waals surface area contributed by atoms with Crippen molar-refractivity contribution in [3.05, 3.63) is 22.4 Å². The standard InChI is InChI=1S/C12H13NO4S2/c1-17-4-2-7(12(15)16)13-11(14)10-6-9-8(19-10)3-5-18-9/h3,5-7H,2,4H2,1H3,(H,13,14)(H,15,16). The van der Waals surface area contributed by atoms with E-state index >= 15 is 0 Å². The Morgan fingerprint density at radius 2 is 2.26 bits per heavy atom. The molecule has 0 saturated carbocycles. The molecule has 1 atom stereocenters. The summed E-state index contributed by atoms with van der Waals surface area (Å²) in [6.07, 6.45) is 0.247. The van der Waals surface area contributed by atoms with Gasteiger partial charge in [0.1, 0.15) is 6.04 Å². The van der Waals surface area contributed by atoms with Crippen molar-refractivity contribution in [3.8, 4) is 0 Å². The number of aliphatic carboxylic acids is 1. The number of nitrogens with one attached hydrogen (secondary N) is 1. The van der Waals surface area contributed by atoms with Gasteiger partial charge >= 0.3 is 5.97 Å². The predicted molar refractivity (Wildman–Crippen MR) is 75.1 cm³/mol. The summed E-state index contributed by atoms with van der Waals surface area (Å²) in [5, 5.41) is 13.5. The summed E-state index contributed by atoms with van der Waals surface area (Å²) < 4.78 is 6.92. The summed E-state index contributed by atoms with van der Waals surface area (Å²) in [5.41, 5.74) is 0. The van der Waals surface area contributed by atoms with Gasteiger partial charge < -0.3 is 15.2 Å². The zero-order valence-corrected chi connectivity index (χ0v) is 11.8. The highest BCUT2D eigenvalue weighted by Gasteiger charge is 2.21. The Morgan fingerprint density at radius 3 is 2.89 bits per heavy atom. The number of ether oxygens (including phenoxy) is 1. The van der Waals surface area contributed by atoms with E-state index < -0.39 is 12.0 Å². The van der Waals surface area contributed by atoms with E-state index in [2.05, 4.69) is 5.32 Å². The summed E-state index contributed by atoms with van der Waals surface area (Å²) in [6.45, 7) is 0.288. The lowest BCUT2D eigenvalue weighted by molar-refractivity contribution is -0.139. The van der Waals surface area contributed by atoms with Crippen LogP contribution in [0.25, 0.3) is 9.40 Å². The van der Waals surface area contributed by atoms with Gasteiger partial charge in [0, 0.05) is 29.5 Å². The molecule has 0 fully saturated rings. The Kier molecular flexibility index (Phi) is 4.52. The highest BCUT2D eigenvalue weighted by Crippen LogP contribution is 2.29. The summed E-state index contributed by atoms with van der Waals surface area (Å²) >= 11 is 2.92. The van der Waals surface area contributed by atoms with Crippen molar-refractivity contribution in [1.82, 2.24) is 5.32 Å². The molecule has 7 heteroatoms. The highest BCUT2D eigenvalue weighted by molar-refractivity contribution is 7.27. The average Bonchev–Trinajstić information content (AvgIpc) is 2.94. The monoisotopic (exact) mass is 299 g/mol. The minimum absolute atomic E-state index is 0.247. The first-order valence-corrected chi connectivity index (χ1v) is 7.31. The molecule has 0 radical (unpaired) electrons. The van der Waals surface area contributed by atoms with E-state index in [0.29, 0.717) is 4.88 Å². The summed E-state index contributed by atoms with van der Waals surface area (Å²) in [6, 6.07) is 2.81. The maximum absolute atomic E-state index is 12.0. The lowest BCUT2D eigenvalue weighted by atomic mass is 10.2. The minimum atomic E-state index is -1.05. The zero-order valence-electron chi connectivity index (χ0n) is 10.2. The molecule has 2 aromatic heterocycles. The second-order valence-electron chi connectivity index (χ2n) is 3.91. The Labute approximate surface area is 117 Å². The van der Waals surface area contributed by atoms with Crippen LogP contribution in [-0.4, -0.2) is 36.7 Å². The molecule has 0 bridgehead atoms. The van der Waals surface area contributed by atoms with Crippen molar-refractivity contribution < 1.29 is 19.4 Å². The van der Waals surface area contributed by atoms with Gasteiger partial charge in [0.05, 0.1) is 4.88 Å². The molecule has 0 saturated heterocycles. The fourth-order valence-corrected chi connectivity index (χ4v) is 3.61. The topological polar surface area (TPSA) is 75.6 Å². The SMILES string of the molecule is COCCC(NC(=O)c1cc2sccc2s1)C(=O)O. The molecule has 2 N–H and O–H groups in total. The minimum Gasteiger partial charge on any atom is -0.480 e. The first kappa shape index (κ1) is 14.0. The lowest BCUT2D eigenvalue weighted by Crippen LogP contribution is -2.41. The van der Waals surface area contributed by atoms with Crippen LogP contribution in [0.2, 0.25) is 0 Å². The van der Waals surface area contributed by atoms with Gasteiger partial charge in [0.2, 0.25) is 0 Å². The van der Waals surface area contributed by atoms with Crippen LogP contribution < -0.4 is 5.32 Å². The fraction of sp³-hybridized carbons (Fsp3) is 0.333. The maximum atomic E-state index is 12.0. The number of hydrogen-bond acceptors (Lipinski definition) is 5. The molecule has 2 heterocycles. The van der Waals surface area contributed by atoms with Gasteiger partial charge in [-0.3, -0.25) is 4.79 Å². The second kappa shape index (κ2) is 6.14. The summed E-state index contributed by atoms with van der Waals surface area (Å²) in [4.78, 5) is 23.6. The van der Waals surface area contributed by atoms with Crippen molar-refractivity contribution >= 4 is 43.9 Å². The van der Waals surface area contributed by atoms with Gasteiger partial charge in [-0.2, -0.15) is 0 Å². The highest BCUT2D eigenvalue weighted by atomic mass is 32.1. The van der Waals surface area contributed by atoms with Crippen LogP contribution >= 0.6 is 22.7 Å². The van der Waals surface area contributed by atoms with Gasteiger partial charge in [0.15, 0.2) is 0 Å². The molecule has 1 amide bonds. The molecule has 2 aromatic rings. The van der Waals surface area contributed by atoms with Crippen LogP contribution in [0.3, 0.4) is 0 Å². The molecule has 5 nitrogen and oxygen atoms in total. The number of hydrogen-bond donors (Lipinski definition) is 2. The molecule has 2 rings (SSSR count). The quantitative estimate of drug-likeness (QED) is 0.857. The molecular formula is C12H13NO4S2. The van der Waals surface area contributed by atoms with Crippen molar-refractivity contribution in [1.29, 1.82) is 0 Å². The van der Waals surface area contributed by atoms with Gasteiger partial charge in [-0.25, -0.2) is 4.79 Å². The molecule has 0 aliphatic rings. The third-order valence-corrected chi connectivity index (χ3v) is 4.67. The predicted octanol–water partition coefficient (Wildman–Crippen LogP) is 2.18. The first-order valence-electron chi connectivity index (χ1n) is 5.61. The van der Waals surface area contributed by atoms with Gasteiger partial charge in [-0.15, -0.1) is 22.7 Å². The number of methoxy groups -OCH3 is 1. The van der Waals surface area contributed by atoms with E-state index in [0.717, 1.165) is 9.40 Å². The van der Waals surface area contributed by atoms with Gasteiger partial charge in [-0.05, 0) is 17.5 Å². The average molecular weight is 299 g/mol. The van der Waals surface area contributed by atoms with E-state index in [1.54, 1.807) is 17.4 Å². The van der Waals surface area contributed by atoms with E-state index in [1.807, 2.05) is 11.4 Å². The number of carbonyl (C=O) groups excluding carboxylic acids is 1. The molecule has 0 spiro atoms. The van der Waals surface area contributed by atoms with E-state index in [-0.39, 0.29) is 18.9 Å². The molecular weight excluding hydrogens is 286 g/mol. The third-order valence-electron chi connectivity index (χ3n) is 2.58. The molecule has 0 aromatic carbocycles. The van der Waals surface area contributed by atoms with E-state index in [9.17, 15) is 9.59 Å². The zero-order chi connectivity index (χ0) is 13.8. The lowest BCUT2D eigenvalue weighted by Gasteiger charge is -2.13. The number of carboxylic acids is 1. The number of thiophene rings is 2. The number of carboxylic acid groups (broad SMARTS) is 1. The van der Waals surface area contributed by atoms with Gasteiger partial charge in [0.25, 0.3) is 5.91 Å². The number of carbonyl (C=O) groups is 2. The molecule has 0 aliphatic carbocycles. The Balaban J connectivity index is 2.06. The summed E-state index contributed by atoms with van der Waals surface area (Å²) in [7, 11) is 1.49. The van der Waals surface area contributed by atoms with E-state index in [4.69, 9.17) is 9.84 Å². The Morgan fingerprint density at radius 1 is 1.47 bits per heavy atom. The Bertz CT molecular complexity index is 561. The van der Waals surface area contributed by atoms with Crippen LogP contribution in [0.1, 0.15) is 16.1 Å². The molecule has 102 valence electrons. The largest absolute Gasteiger partial charge is 0.480 e. The van der Waals surface area contributed by atoms with Crippen molar-refractivity contribution in [2.24, 2.45) is 0 Å². The maximum Gasteiger partial charge on any atom is 0.326 e. The fourth-order valence-electron chi connectivity index (χ4n) is 1.60. The van der Waals surface area contributed by atoms with E-state index in [1.165, 1.54) is 18.4 Å². The van der Waals surface area contributed by atoms with Crippen molar-refractivity contribution in [2.75, 3.05) is 13.7 Å². The van der Waals surface area contributed by atoms with Crippen LogP contribution in [-0.2, 0) is 9.53 Å². The molecule has 0 aliphatic heterocycles. The first-order chi connectivity index (χ1) is 9.11. The third kappa shape index (κ3) is 3.31. The molecule has 1 unspecified atom stereocenters. The summed E-state index contributed by atoms with van der Waals surface area (Å²) in [5.74, 6) is -1.40. The number of fused-ring (bicyclic) bond motifs is 1. The van der Waals surface area contributed by atoms with Gasteiger partial charge in [-0.1, -0.05) is 0 Å². The smallest absolute Gasteiger partial charge is 0.326 e. The van der Waals surface area contributed by atoms with Crippen LogP contribution in [0, 0.1) is 0 Å². The normalized spacial score (nSPS) is 12.5. The van der Waals surface area contributed by atoms with Crippen LogP contribution in [0.15, 0.2) is 17.5 Å². The van der Waals surface area contributed by atoms with Crippen molar-refractivity contribution in [2.45, 2.75) is 12.5 Å². The molecule has 19 heavy (non-hydrogen) atoms. The second-order valence-corrected chi connectivity index (χ2v) is 5.94.